The minimum atomic E-state index is -0.219. The van der Waals surface area contributed by atoms with Crippen LogP contribution >= 0.6 is 0 Å². The largest absolute Gasteiger partial charge is 0.469 e. The molecule has 120 valence electrons. The van der Waals surface area contributed by atoms with Crippen molar-refractivity contribution >= 4 is 11.5 Å². The van der Waals surface area contributed by atoms with Crippen molar-refractivity contribution in [1.82, 2.24) is 24.4 Å². The Hall–Kier alpha value is -3.42. The minimum absolute atomic E-state index is 0.219. The molecular weight excluding hydrogens is 308 g/mol. The quantitative estimate of drug-likeness (QED) is 0.564. The molecule has 2 N–H and O–H groups in total. The van der Waals surface area contributed by atoms with Crippen LogP contribution in [-0.4, -0.2) is 24.4 Å². The maximum atomic E-state index is 12.8. The van der Waals surface area contributed by atoms with Crippen molar-refractivity contribution in [3.05, 3.63) is 76.4 Å². The van der Waals surface area contributed by atoms with Gasteiger partial charge in [0.25, 0.3) is 11.3 Å². The van der Waals surface area contributed by atoms with E-state index in [4.69, 9.17) is 10.2 Å². The van der Waals surface area contributed by atoms with Gasteiger partial charge in [0.15, 0.2) is 0 Å². The van der Waals surface area contributed by atoms with Crippen LogP contribution in [0.15, 0.2) is 58.2 Å². The summed E-state index contributed by atoms with van der Waals surface area (Å²) in [6.07, 6.45) is 3.35. The van der Waals surface area contributed by atoms with Crippen LogP contribution in [0.1, 0.15) is 17.0 Å². The maximum absolute atomic E-state index is 12.8. The summed E-state index contributed by atoms with van der Waals surface area (Å²) in [5.41, 5.74) is 7.47. The molecule has 3 heterocycles. The zero-order valence-electron chi connectivity index (χ0n) is 12.7. The normalized spacial score (nSPS) is 11.2. The molecule has 8 heteroatoms. The van der Waals surface area contributed by atoms with Gasteiger partial charge in [-0.05, 0) is 29.8 Å². The number of furan rings is 1. The van der Waals surface area contributed by atoms with Crippen LogP contribution in [0.3, 0.4) is 0 Å². The monoisotopic (exact) mass is 322 g/mol. The fraction of sp³-hybridized carbons (Fsp3) is 0.125. The highest BCUT2D eigenvalue weighted by molar-refractivity contribution is 5.40. The number of nitrogens with zero attached hydrogens (tertiary/aromatic N) is 5. The molecule has 0 unspecified atom stereocenters. The van der Waals surface area contributed by atoms with E-state index in [0.29, 0.717) is 35.9 Å². The summed E-state index contributed by atoms with van der Waals surface area (Å²) in [6, 6.07) is 10.9. The number of nitrogens with two attached hydrogens (primary N) is 1. The SMILES string of the molecule is Nc1ccc(Cn2c(=O)c(Cc3ccco3)nn3cnnc23)cc1. The second kappa shape index (κ2) is 5.65. The van der Waals surface area contributed by atoms with Crippen LogP contribution in [0.2, 0.25) is 0 Å². The average molecular weight is 322 g/mol. The van der Waals surface area contributed by atoms with E-state index in [2.05, 4.69) is 15.3 Å². The Balaban J connectivity index is 1.80. The second-order valence-corrected chi connectivity index (χ2v) is 5.41. The van der Waals surface area contributed by atoms with Gasteiger partial charge in [0.2, 0.25) is 0 Å². The lowest BCUT2D eigenvalue weighted by atomic mass is 10.2. The number of anilines is 1. The van der Waals surface area contributed by atoms with E-state index in [0.717, 1.165) is 5.56 Å². The summed E-state index contributed by atoms with van der Waals surface area (Å²) in [5, 5.41) is 12.1. The summed E-state index contributed by atoms with van der Waals surface area (Å²) < 4.78 is 8.36. The van der Waals surface area contributed by atoms with E-state index in [1.807, 2.05) is 18.2 Å². The molecule has 4 aromatic rings. The third-order valence-electron chi connectivity index (χ3n) is 3.72. The fourth-order valence-corrected chi connectivity index (χ4v) is 2.53. The van der Waals surface area contributed by atoms with E-state index in [1.165, 1.54) is 10.8 Å². The molecule has 0 aliphatic heterocycles. The van der Waals surface area contributed by atoms with Crippen molar-refractivity contribution in [2.75, 3.05) is 5.73 Å². The van der Waals surface area contributed by atoms with E-state index in [-0.39, 0.29) is 5.56 Å². The van der Waals surface area contributed by atoms with Gasteiger partial charge < -0.3 is 10.2 Å². The summed E-state index contributed by atoms with van der Waals surface area (Å²) in [6.45, 7) is 0.356. The molecule has 0 aliphatic rings. The molecule has 0 aliphatic carbocycles. The average Bonchev–Trinajstić information content (AvgIpc) is 3.25. The highest BCUT2D eigenvalue weighted by Gasteiger charge is 2.14. The lowest BCUT2D eigenvalue weighted by Gasteiger charge is -2.09. The Kier molecular flexibility index (Phi) is 3.34. The van der Waals surface area contributed by atoms with Crippen LogP contribution in [-0.2, 0) is 13.0 Å². The maximum Gasteiger partial charge on any atom is 0.277 e. The van der Waals surface area contributed by atoms with Gasteiger partial charge in [-0.15, -0.1) is 10.2 Å². The molecule has 4 rings (SSSR count). The van der Waals surface area contributed by atoms with Crippen LogP contribution < -0.4 is 11.3 Å². The standard InChI is InChI=1S/C16H14N6O2/c17-12-5-3-11(4-6-12)9-21-15(23)14(8-13-2-1-7-24-13)20-22-10-18-19-16(21)22/h1-7,10H,8-9,17H2. The van der Waals surface area contributed by atoms with E-state index in [1.54, 1.807) is 29.0 Å². The van der Waals surface area contributed by atoms with Crippen molar-refractivity contribution in [3.63, 3.8) is 0 Å². The molecule has 0 atom stereocenters. The smallest absolute Gasteiger partial charge is 0.277 e. The predicted molar refractivity (Wildman–Crippen MR) is 86.5 cm³/mol. The van der Waals surface area contributed by atoms with Crippen LogP contribution in [0.25, 0.3) is 5.78 Å². The number of benzene rings is 1. The number of hydrogen-bond acceptors (Lipinski definition) is 6. The van der Waals surface area contributed by atoms with Crippen molar-refractivity contribution in [2.24, 2.45) is 0 Å². The Labute approximate surface area is 136 Å². The molecule has 0 radical (unpaired) electrons. The lowest BCUT2D eigenvalue weighted by molar-refractivity contribution is 0.515. The topological polar surface area (TPSA) is 104 Å². The highest BCUT2D eigenvalue weighted by atomic mass is 16.3. The summed E-state index contributed by atoms with van der Waals surface area (Å²) >= 11 is 0. The van der Waals surface area contributed by atoms with E-state index >= 15 is 0 Å². The number of fused-ring (bicyclic) bond motifs is 1. The number of hydrogen-bond donors (Lipinski definition) is 1. The summed E-state index contributed by atoms with van der Waals surface area (Å²) in [7, 11) is 0. The minimum Gasteiger partial charge on any atom is -0.469 e. The molecule has 8 nitrogen and oxygen atoms in total. The molecule has 0 bridgehead atoms. The first kappa shape index (κ1) is 14.2. The van der Waals surface area contributed by atoms with Gasteiger partial charge in [-0.3, -0.25) is 9.36 Å². The Morgan fingerprint density at radius 3 is 2.75 bits per heavy atom. The Morgan fingerprint density at radius 2 is 2.00 bits per heavy atom. The van der Waals surface area contributed by atoms with E-state index in [9.17, 15) is 4.79 Å². The first-order valence-corrected chi connectivity index (χ1v) is 7.37. The van der Waals surface area contributed by atoms with Gasteiger partial charge in [-0.2, -0.15) is 9.61 Å². The number of nitrogen functional groups attached to an aromatic ring is 1. The van der Waals surface area contributed by atoms with Crippen molar-refractivity contribution in [3.8, 4) is 0 Å². The molecule has 3 aromatic heterocycles. The molecular formula is C16H14N6O2. The van der Waals surface area contributed by atoms with Crippen molar-refractivity contribution < 1.29 is 4.42 Å². The zero-order chi connectivity index (χ0) is 16.5. The van der Waals surface area contributed by atoms with Gasteiger partial charge in [-0.1, -0.05) is 12.1 Å². The van der Waals surface area contributed by atoms with Gasteiger partial charge in [0, 0.05) is 5.69 Å². The Morgan fingerprint density at radius 1 is 1.17 bits per heavy atom. The molecule has 0 spiro atoms. The fourth-order valence-electron chi connectivity index (χ4n) is 2.53. The third-order valence-corrected chi connectivity index (χ3v) is 3.72. The number of rotatable bonds is 4. The summed E-state index contributed by atoms with van der Waals surface area (Å²) in [4.78, 5) is 12.8. The van der Waals surface area contributed by atoms with Gasteiger partial charge in [0.05, 0.1) is 19.2 Å². The Bertz CT molecular complexity index is 1030. The van der Waals surface area contributed by atoms with Crippen LogP contribution in [0, 0.1) is 0 Å². The van der Waals surface area contributed by atoms with Gasteiger partial charge in [0.1, 0.15) is 17.8 Å². The van der Waals surface area contributed by atoms with Crippen molar-refractivity contribution in [2.45, 2.75) is 13.0 Å². The summed E-state index contributed by atoms with van der Waals surface area (Å²) in [5.74, 6) is 1.06. The molecule has 0 saturated heterocycles. The number of aromatic nitrogens is 5. The second-order valence-electron chi connectivity index (χ2n) is 5.41. The molecule has 1 aromatic carbocycles. The van der Waals surface area contributed by atoms with Crippen LogP contribution in [0.5, 0.6) is 0 Å². The van der Waals surface area contributed by atoms with Crippen molar-refractivity contribution in [1.29, 1.82) is 0 Å². The van der Waals surface area contributed by atoms with Gasteiger partial charge in [-0.25, -0.2) is 0 Å². The molecule has 0 fully saturated rings. The lowest BCUT2D eigenvalue weighted by Crippen LogP contribution is -2.29. The zero-order valence-corrected chi connectivity index (χ0v) is 12.7. The molecule has 0 saturated carbocycles. The van der Waals surface area contributed by atoms with E-state index < -0.39 is 0 Å². The van der Waals surface area contributed by atoms with Gasteiger partial charge >= 0.3 is 0 Å². The predicted octanol–water partition coefficient (Wildman–Crippen LogP) is 1.10. The first-order valence-electron chi connectivity index (χ1n) is 7.37. The third kappa shape index (κ3) is 2.54. The van der Waals surface area contributed by atoms with Crippen LogP contribution in [0.4, 0.5) is 5.69 Å². The highest BCUT2D eigenvalue weighted by Crippen LogP contribution is 2.09. The first-order chi connectivity index (χ1) is 11.7. The molecule has 24 heavy (non-hydrogen) atoms. The molecule has 0 amide bonds.